The summed E-state index contributed by atoms with van der Waals surface area (Å²) in [6.45, 7) is 4.59. The maximum absolute atomic E-state index is 13.1. The normalized spacial score (nSPS) is 24.2. The SMILES string of the molecule is CC1(C)CCCC(NC(=O)[C@@H]2C[C@H](CO)CN2C(=O)CNc2ccccc2C(=[NH2+])C(N)=O)C1. The van der Waals surface area contributed by atoms with E-state index in [4.69, 9.17) is 11.1 Å². The maximum atomic E-state index is 13.1. The van der Waals surface area contributed by atoms with Crippen molar-refractivity contribution in [3.8, 4) is 0 Å². The third-order valence-corrected chi connectivity index (χ3v) is 6.73. The first-order chi connectivity index (χ1) is 15.6. The Morgan fingerprint density at radius 3 is 2.67 bits per heavy atom. The fraction of sp³-hybridized carbons (Fsp3) is 0.583. The number of aliphatic hydroxyl groups excluding tert-OH is 1. The summed E-state index contributed by atoms with van der Waals surface area (Å²) in [4.78, 5) is 39.2. The van der Waals surface area contributed by atoms with Gasteiger partial charge in [0.2, 0.25) is 11.8 Å². The predicted octanol–water partition coefficient (Wildman–Crippen LogP) is -0.574. The van der Waals surface area contributed by atoms with Crippen LogP contribution in [0.25, 0.3) is 0 Å². The van der Waals surface area contributed by atoms with E-state index >= 15 is 0 Å². The number of likely N-dealkylation sites (tertiary alicyclic amines) is 1. The highest BCUT2D eigenvalue weighted by molar-refractivity contribution is 6.43. The molecule has 2 fully saturated rings. The second-order valence-corrected chi connectivity index (χ2v) is 9.99. The zero-order valence-corrected chi connectivity index (χ0v) is 19.5. The minimum absolute atomic E-state index is 0.0790. The molecule has 1 aliphatic heterocycles. The number of nitrogens with one attached hydrogen (secondary N) is 2. The van der Waals surface area contributed by atoms with Gasteiger partial charge in [-0.05, 0) is 43.2 Å². The molecule has 180 valence electrons. The van der Waals surface area contributed by atoms with Gasteiger partial charge in [0, 0.05) is 30.8 Å². The number of hydrogen-bond donors (Lipinski definition) is 5. The van der Waals surface area contributed by atoms with Crippen LogP contribution in [0.5, 0.6) is 0 Å². The third kappa shape index (κ3) is 6.10. The molecule has 0 bridgehead atoms. The fourth-order valence-electron chi connectivity index (χ4n) is 4.98. The van der Waals surface area contributed by atoms with Crippen LogP contribution in [0.3, 0.4) is 0 Å². The smallest absolute Gasteiger partial charge is 0.313 e. The second kappa shape index (κ2) is 10.3. The van der Waals surface area contributed by atoms with Crippen LogP contribution in [0.15, 0.2) is 24.3 Å². The number of hydrogen-bond acceptors (Lipinski definition) is 5. The van der Waals surface area contributed by atoms with Crippen LogP contribution in [0.1, 0.15) is 51.5 Å². The highest BCUT2D eigenvalue weighted by Gasteiger charge is 2.40. The molecule has 0 aromatic heterocycles. The molecule has 3 rings (SSSR count). The van der Waals surface area contributed by atoms with Gasteiger partial charge in [0.1, 0.15) is 6.04 Å². The summed E-state index contributed by atoms with van der Waals surface area (Å²) in [5.74, 6) is -1.31. The topological polar surface area (TPSA) is 150 Å². The zero-order valence-electron chi connectivity index (χ0n) is 19.5. The molecule has 2 aliphatic rings. The van der Waals surface area contributed by atoms with Gasteiger partial charge >= 0.3 is 5.91 Å². The van der Waals surface area contributed by atoms with E-state index in [1.807, 2.05) is 0 Å². The molecule has 1 saturated carbocycles. The number of carbonyl (C=O) groups is 3. The first-order valence-electron chi connectivity index (χ1n) is 11.6. The molecular formula is C24H36N5O4+. The van der Waals surface area contributed by atoms with Gasteiger partial charge in [0.15, 0.2) is 0 Å². The van der Waals surface area contributed by atoms with Gasteiger partial charge in [-0.3, -0.25) is 14.4 Å². The van der Waals surface area contributed by atoms with Gasteiger partial charge in [0.25, 0.3) is 5.71 Å². The Labute approximate surface area is 194 Å². The molecule has 3 atom stereocenters. The Bertz CT molecular complexity index is 916. The molecule has 1 saturated heterocycles. The van der Waals surface area contributed by atoms with Crippen LogP contribution >= 0.6 is 0 Å². The minimum atomic E-state index is -0.747. The summed E-state index contributed by atoms with van der Waals surface area (Å²) in [5.41, 5.74) is 6.31. The molecule has 3 amide bonds. The highest BCUT2D eigenvalue weighted by atomic mass is 16.3. The third-order valence-electron chi connectivity index (χ3n) is 6.73. The van der Waals surface area contributed by atoms with E-state index in [2.05, 4.69) is 24.5 Å². The van der Waals surface area contributed by atoms with Crippen molar-refractivity contribution in [2.24, 2.45) is 17.1 Å². The molecule has 0 radical (unpaired) electrons. The van der Waals surface area contributed by atoms with E-state index in [0.717, 1.165) is 25.7 Å². The van der Waals surface area contributed by atoms with Gasteiger partial charge in [-0.15, -0.1) is 0 Å². The number of aliphatic hydroxyl groups is 1. The van der Waals surface area contributed by atoms with Crippen LogP contribution < -0.4 is 21.8 Å². The minimum Gasteiger partial charge on any atom is -0.396 e. The average molecular weight is 459 g/mol. The van der Waals surface area contributed by atoms with E-state index < -0.39 is 11.9 Å². The van der Waals surface area contributed by atoms with Gasteiger partial charge in [-0.2, -0.15) is 0 Å². The second-order valence-electron chi connectivity index (χ2n) is 9.99. The van der Waals surface area contributed by atoms with Crippen molar-refractivity contribution in [1.29, 1.82) is 0 Å². The summed E-state index contributed by atoms with van der Waals surface area (Å²) in [6, 6.07) is 6.31. The van der Waals surface area contributed by atoms with E-state index in [1.165, 1.54) is 0 Å². The number of para-hydroxylation sites is 1. The van der Waals surface area contributed by atoms with Crippen molar-refractivity contribution in [2.75, 3.05) is 25.0 Å². The zero-order chi connectivity index (χ0) is 24.2. The van der Waals surface area contributed by atoms with Crippen molar-refractivity contribution in [3.05, 3.63) is 29.8 Å². The quantitative estimate of drug-likeness (QED) is 0.331. The van der Waals surface area contributed by atoms with Gasteiger partial charge in [-0.1, -0.05) is 32.4 Å². The standard InChI is InChI=1S/C24H35N5O4/c1-24(2)9-5-6-16(11-24)28-23(33)19-10-15(14-30)13-29(19)20(31)12-27-18-8-4-3-7-17(18)21(25)22(26)32/h3-4,7-8,15-16,19,25,27,30H,5-6,9-14H2,1-2H3,(H2,26,32)(H,28,33)/p+1/t15-,16?,19-/m0/s1. The summed E-state index contributed by atoms with van der Waals surface area (Å²) in [7, 11) is 0. The Hall–Kier alpha value is -2.94. The molecule has 1 aromatic carbocycles. The average Bonchev–Trinajstić information content (AvgIpc) is 3.21. The number of primary amides is 1. The maximum Gasteiger partial charge on any atom is 0.313 e. The summed E-state index contributed by atoms with van der Waals surface area (Å²) in [6.07, 6.45) is 4.50. The summed E-state index contributed by atoms with van der Waals surface area (Å²) < 4.78 is 0. The first-order valence-corrected chi connectivity index (χ1v) is 11.6. The van der Waals surface area contributed by atoms with Gasteiger partial charge in [-0.25, -0.2) is 5.41 Å². The van der Waals surface area contributed by atoms with Crippen molar-refractivity contribution < 1.29 is 24.9 Å². The Balaban J connectivity index is 1.66. The van der Waals surface area contributed by atoms with Gasteiger partial charge < -0.3 is 26.4 Å². The number of anilines is 1. The largest absolute Gasteiger partial charge is 0.396 e. The molecular weight excluding hydrogens is 422 g/mol. The van der Waals surface area contributed by atoms with E-state index in [1.54, 1.807) is 29.2 Å². The molecule has 1 aliphatic carbocycles. The van der Waals surface area contributed by atoms with Crippen LogP contribution in [-0.4, -0.2) is 65.2 Å². The van der Waals surface area contributed by atoms with Crippen molar-refractivity contribution in [1.82, 2.24) is 10.2 Å². The predicted molar refractivity (Wildman–Crippen MR) is 125 cm³/mol. The number of nitrogens with two attached hydrogens (primary N) is 2. The van der Waals surface area contributed by atoms with Crippen LogP contribution in [0.4, 0.5) is 5.69 Å². The van der Waals surface area contributed by atoms with E-state index in [-0.39, 0.29) is 48.1 Å². The lowest BCUT2D eigenvalue weighted by atomic mass is 9.75. The Morgan fingerprint density at radius 1 is 1.27 bits per heavy atom. The number of carbonyl (C=O) groups excluding carboxylic acids is 3. The molecule has 0 spiro atoms. The van der Waals surface area contributed by atoms with Crippen molar-refractivity contribution >= 4 is 29.1 Å². The molecule has 7 N–H and O–H groups in total. The molecule has 9 heteroatoms. The molecule has 1 aromatic rings. The van der Waals surface area contributed by atoms with Crippen molar-refractivity contribution in [3.63, 3.8) is 0 Å². The van der Waals surface area contributed by atoms with Crippen molar-refractivity contribution in [2.45, 2.75) is 58.0 Å². The molecule has 1 unspecified atom stereocenters. The molecule has 33 heavy (non-hydrogen) atoms. The summed E-state index contributed by atoms with van der Waals surface area (Å²) in [5, 5.41) is 21.6. The summed E-state index contributed by atoms with van der Waals surface area (Å²) >= 11 is 0. The Morgan fingerprint density at radius 2 is 2.00 bits per heavy atom. The number of rotatable bonds is 8. The lowest BCUT2D eigenvalue weighted by Crippen LogP contribution is -2.51. The first kappa shape index (κ1) is 24.7. The monoisotopic (exact) mass is 458 g/mol. The number of benzene rings is 1. The van der Waals surface area contributed by atoms with Crippen LogP contribution in [0.2, 0.25) is 0 Å². The number of amides is 3. The number of nitrogens with zero attached hydrogens (tertiary/aromatic N) is 1. The lowest BCUT2D eigenvalue weighted by molar-refractivity contribution is -0.137. The molecule has 9 nitrogen and oxygen atoms in total. The van der Waals surface area contributed by atoms with E-state index in [0.29, 0.717) is 24.2 Å². The van der Waals surface area contributed by atoms with Crippen LogP contribution in [0, 0.1) is 11.3 Å². The lowest BCUT2D eigenvalue weighted by Gasteiger charge is -2.36. The van der Waals surface area contributed by atoms with E-state index in [9.17, 15) is 19.5 Å². The van der Waals surface area contributed by atoms with Gasteiger partial charge in [0.05, 0.1) is 12.1 Å². The highest BCUT2D eigenvalue weighted by Crippen LogP contribution is 2.35. The molecule has 1 heterocycles. The van der Waals surface area contributed by atoms with Crippen LogP contribution in [-0.2, 0) is 14.4 Å². The Kier molecular flexibility index (Phi) is 7.73. The fourth-order valence-corrected chi connectivity index (χ4v) is 4.98.